The topological polar surface area (TPSA) is 646 Å². The van der Waals surface area contributed by atoms with Gasteiger partial charge in [-0.1, -0.05) is 117 Å². The van der Waals surface area contributed by atoms with E-state index in [1.165, 1.54) is 48.6 Å². The maximum Gasteiger partial charge on any atom is 0.339 e. The van der Waals surface area contributed by atoms with E-state index in [1.807, 2.05) is 27.7 Å². The number of benzene rings is 3. The van der Waals surface area contributed by atoms with Crippen molar-refractivity contribution in [1.82, 2.24) is 68.5 Å². The number of aliphatic carboxylic acids is 2. The van der Waals surface area contributed by atoms with Gasteiger partial charge in [0, 0.05) is 43.5 Å². The molecule has 1 fully saturated rings. The lowest BCUT2D eigenvalue weighted by Crippen LogP contribution is -2.62. The summed E-state index contributed by atoms with van der Waals surface area (Å²) < 4.78 is 0. The maximum atomic E-state index is 14.9. The number of carboxylic acid groups (broad SMARTS) is 4. The van der Waals surface area contributed by atoms with Crippen LogP contribution < -0.4 is 75.7 Å². The highest BCUT2D eigenvalue weighted by molar-refractivity contribution is 8.14. The van der Waals surface area contributed by atoms with E-state index in [9.17, 15) is 97.1 Å². The van der Waals surface area contributed by atoms with Crippen LogP contribution in [0.25, 0.3) is 0 Å². The number of aliphatic imine (C=N–C) groups is 1. The van der Waals surface area contributed by atoms with Gasteiger partial charge in [0.15, 0.2) is 0 Å². The van der Waals surface area contributed by atoms with Crippen molar-refractivity contribution in [2.24, 2.45) is 45.9 Å². The van der Waals surface area contributed by atoms with Gasteiger partial charge in [-0.25, -0.2) is 14.6 Å². The molecule has 0 bridgehead atoms. The van der Waals surface area contributed by atoms with Crippen LogP contribution in [0.2, 0.25) is 0 Å². The van der Waals surface area contributed by atoms with Crippen molar-refractivity contribution >= 4 is 112 Å². The van der Waals surface area contributed by atoms with Gasteiger partial charge >= 0.3 is 23.9 Å². The molecule has 15 atom stereocenters. The lowest BCUT2D eigenvalue weighted by molar-refractivity contribution is -0.142. The number of aromatic nitrogens is 2. The molecule has 1 aromatic heterocycles. The Balaban J connectivity index is 0.00000107. The van der Waals surface area contributed by atoms with E-state index in [0.29, 0.717) is 27.4 Å². The van der Waals surface area contributed by atoms with Crippen LogP contribution in [0.1, 0.15) is 182 Å². The second-order valence-electron chi connectivity index (χ2n) is 30.4. The average molecular weight is 1710 g/mol. The molecule has 1 saturated heterocycles. The summed E-state index contributed by atoms with van der Waals surface area (Å²) in [4.78, 5) is 229. The van der Waals surface area contributed by atoms with E-state index in [0.717, 1.165) is 6.42 Å². The van der Waals surface area contributed by atoms with Gasteiger partial charge in [0.05, 0.1) is 30.3 Å². The number of aromatic amines is 1. The molecule has 662 valence electrons. The Morgan fingerprint density at radius 3 is 1.70 bits per heavy atom. The van der Waals surface area contributed by atoms with Crippen molar-refractivity contribution in [3.63, 3.8) is 0 Å². The second-order valence-corrected chi connectivity index (χ2v) is 31.5. The fourth-order valence-corrected chi connectivity index (χ4v) is 14.0. The number of primary amides is 1. The largest absolute Gasteiger partial charge is 0.507 e. The summed E-state index contributed by atoms with van der Waals surface area (Å²) in [5, 5.41) is 85.8. The number of thioether (sulfide) groups is 1. The first-order valence-electron chi connectivity index (χ1n) is 40.1. The molecule has 40 heteroatoms. The second kappa shape index (κ2) is 49.5. The van der Waals surface area contributed by atoms with Gasteiger partial charge in [0.1, 0.15) is 89.1 Å². The summed E-state index contributed by atoms with van der Waals surface area (Å²) in [6, 6.07) is -0.0416. The molecule has 2 aliphatic rings. The number of aromatic hydroxyl groups is 2. The number of carbonyl (C=O) groups excluding carboxylic acids is 12. The van der Waals surface area contributed by atoms with Crippen LogP contribution >= 0.6 is 11.8 Å². The van der Waals surface area contributed by atoms with Crippen molar-refractivity contribution in [2.45, 2.75) is 231 Å². The molecular formula is C81H115N17O22S. The highest BCUT2D eigenvalue weighted by atomic mass is 32.2. The zero-order chi connectivity index (χ0) is 89.9. The summed E-state index contributed by atoms with van der Waals surface area (Å²) in [6.07, 6.45) is 0.647. The standard InChI is InChI=1S/C66H103N17O16S.C15H12O6/c1-9-35(6)52(69)66-81-48(32-100-66)63(97)76-43(26-34(4)5)59(93)74-42(22-23-50(85)86)58(92)83-53(36(7)10-2)64(98)75-40-20-15-16-25-71-55(89)46(29-49(68)84)78-62(96)47(30-51(87)88)79-61(95)45(28-39-31-70-33-72-39)77-60(94)44(27-38-18-13-12-14-19-38)80-65(99)54(37(8)11-3)82-57(91)41(21-17-24-67)73-56(40)90;16-12-3-1-8(6-10(12)14(18)19)5-9-2-4-13(17)11(7-9)15(20)21/h12-14,18-19,31,33-37,40-48,52-54H,9-11,15-17,20-30,32,67,69H2,1-8H3,(H2,68,84)(H,70,72)(H,71,89)(H,73,90)(H,74,93)(H,75,98)(H,76,97)(H,77,94)(H,78,96)(H,79,95)(H,80,99)(H,82,91)(H,83,92)(H,85,86)(H,87,88);1-4,6-7,16-17H,5H2,(H,18,19)(H,20,21)/t35-,36-,37-,40-,41+,42+,43-,44+,45-,46-,47+,48-,52-,53-,54-;/m0./s1. The number of rotatable bonds is 35. The summed E-state index contributed by atoms with van der Waals surface area (Å²) in [5.74, 6) is -18.6. The molecule has 2 aliphatic heterocycles. The summed E-state index contributed by atoms with van der Waals surface area (Å²) in [7, 11) is 0. The van der Waals surface area contributed by atoms with Gasteiger partial charge in [0.25, 0.3) is 0 Å². The predicted molar refractivity (Wildman–Crippen MR) is 442 cm³/mol. The number of carbonyl (C=O) groups is 16. The van der Waals surface area contributed by atoms with Crippen LogP contribution in [0.15, 0.2) is 84.2 Å². The molecule has 12 amide bonds. The van der Waals surface area contributed by atoms with E-state index in [-0.39, 0.29) is 124 Å². The van der Waals surface area contributed by atoms with E-state index < -0.39 is 205 Å². The Labute approximate surface area is 703 Å². The van der Waals surface area contributed by atoms with E-state index >= 15 is 0 Å². The number of carboxylic acids is 4. The number of aromatic carboxylic acids is 2. The molecule has 39 nitrogen and oxygen atoms in total. The Morgan fingerprint density at radius 2 is 1.16 bits per heavy atom. The quantitative estimate of drug-likeness (QED) is 0.0296. The fraction of sp³-hybridized carbons (Fsp3) is 0.531. The Kier molecular flexibility index (Phi) is 40.7. The number of nitrogens with zero attached hydrogens (tertiary/aromatic N) is 2. The first kappa shape index (κ1) is 99.5. The van der Waals surface area contributed by atoms with Gasteiger partial charge in [-0.15, -0.1) is 11.8 Å². The summed E-state index contributed by atoms with van der Waals surface area (Å²) in [6.45, 7) is 14.1. The van der Waals surface area contributed by atoms with Gasteiger partial charge in [-0.05, 0) is 123 Å². The van der Waals surface area contributed by atoms with Gasteiger partial charge in [-0.3, -0.25) is 72.1 Å². The lowest BCUT2D eigenvalue weighted by Gasteiger charge is -2.30. The highest BCUT2D eigenvalue weighted by Crippen LogP contribution is 2.27. The van der Waals surface area contributed by atoms with Gasteiger partial charge in [0.2, 0.25) is 70.9 Å². The van der Waals surface area contributed by atoms with E-state index in [4.69, 9.17) is 27.4 Å². The van der Waals surface area contributed by atoms with Crippen LogP contribution in [-0.2, 0) is 86.4 Å². The van der Waals surface area contributed by atoms with Crippen LogP contribution in [-0.4, -0.2) is 232 Å². The molecule has 0 aliphatic carbocycles. The normalized spacial score (nSPS) is 20.9. The van der Waals surface area contributed by atoms with Gasteiger partial charge in [-0.2, -0.15) is 0 Å². The Morgan fingerprint density at radius 1 is 0.595 bits per heavy atom. The van der Waals surface area contributed by atoms with Gasteiger partial charge < -0.3 is 111 Å². The number of nitrogens with two attached hydrogens (primary N) is 3. The van der Waals surface area contributed by atoms with Crippen LogP contribution in [0.3, 0.4) is 0 Å². The zero-order valence-corrected chi connectivity index (χ0v) is 69.7. The molecule has 0 spiro atoms. The average Bonchev–Trinajstić information content (AvgIpc) is 1.81. The summed E-state index contributed by atoms with van der Waals surface area (Å²) >= 11 is 1.35. The number of hydrogen-bond donors (Lipinski definition) is 21. The van der Waals surface area contributed by atoms with Crippen molar-refractivity contribution in [3.05, 3.63) is 113 Å². The van der Waals surface area contributed by atoms with Crippen molar-refractivity contribution in [3.8, 4) is 11.5 Å². The van der Waals surface area contributed by atoms with Crippen LogP contribution in [0, 0.1) is 23.7 Å². The smallest absolute Gasteiger partial charge is 0.339 e. The number of hydrogen-bond acceptors (Lipinski definition) is 23. The number of amides is 12. The van der Waals surface area contributed by atoms with Crippen molar-refractivity contribution in [1.29, 1.82) is 0 Å². The van der Waals surface area contributed by atoms with Crippen LogP contribution in [0.4, 0.5) is 0 Å². The third-order valence-corrected chi connectivity index (χ3v) is 21.6. The third kappa shape index (κ3) is 32.5. The first-order chi connectivity index (χ1) is 57.3. The predicted octanol–water partition coefficient (Wildman–Crippen LogP) is 0.407. The van der Waals surface area contributed by atoms with Crippen molar-refractivity contribution < 1.29 is 107 Å². The molecule has 121 heavy (non-hydrogen) atoms. The minimum atomic E-state index is -1.94. The number of H-pyrrole nitrogens is 1. The van der Waals surface area contributed by atoms with E-state index in [1.54, 1.807) is 70.2 Å². The molecular weight excluding hydrogens is 1600 g/mol. The number of imidazole rings is 1. The van der Waals surface area contributed by atoms with Crippen LogP contribution in [0.5, 0.6) is 11.5 Å². The molecule has 0 radical (unpaired) electrons. The highest BCUT2D eigenvalue weighted by Gasteiger charge is 2.40. The Hall–Kier alpha value is -12.1. The zero-order valence-electron chi connectivity index (χ0n) is 68.9. The molecule has 0 unspecified atom stereocenters. The fourth-order valence-electron chi connectivity index (χ4n) is 12.8. The molecule has 3 heterocycles. The number of nitrogens with one attached hydrogen (secondary N) is 12. The molecule has 3 aromatic carbocycles. The molecule has 0 saturated carbocycles. The summed E-state index contributed by atoms with van der Waals surface area (Å²) in [5.41, 5.74) is 19.5. The lowest BCUT2D eigenvalue weighted by atomic mass is 9.96. The molecule has 24 N–H and O–H groups in total. The Bertz CT molecular complexity index is 4240. The minimum absolute atomic E-state index is 0.00117. The first-order valence-corrected chi connectivity index (χ1v) is 41.1. The monoisotopic (exact) mass is 1710 g/mol. The van der Waals surface area contributed by atoms with E-state index in [2.05, 4.69) is 73.4 Å². The SMILES string of the molecule is CC[C@H](C)[C@H](N)C1=N[C@H](C(=O)N[C@@H](CC(C)C)C(=O)N[C@H](CCC(=O)O)C(=O)N[C@H](C(=O)N[C@H]2CCCCNC(=O)[C@H](CC(N)=O)NC(=O)[C@@H](CC(=O)O)NC(=O)[C@H](Cc3cnc[nH]3)NC(=O)[C@@H](Cc3ccccc3)NC(=O)[C@H]([C@@H](C)CC)NC(=O)[C@@H](CCCN)NC2=O)[C@@H](C)CC)CS1.O=C(O)c1cc(Cc2ccc(O)c(C(=O)O)c2)ccc1O. The van der Waals surface area contributed by atoms with Crippen molar-refractivity contribution in [2.75, 3.05) is 18.8 Å². The maximum absolute atomic E-state index is 14.9. The molecule has 4 aromatic rings. The minimum Gasteiger partial charge on any atom is -0.507 e. The number of phenols is 2. The third-order valence-electron chi connectivity index (χ3n) is 20.5. The molecule has 6 rings (SSSR count).